The van der Waals surface area contributed by atoms with Crippen LogP contribution in [0.4, 0.5) is 25.8 Å². The first-order valence-corrected chi connectivity index (χ1v) is 10.7. The molecule has 0 aromatic heterocycles. The quantitative estimate of drug-likeness (QED) is 0.398. The fraction of sp³-hybridized carbons (Fsp3) is 0.0500. The van der Waals surface area contributed by atoms with Crippen molar-refractivity contribution >= 4 is 44.6 Å². The van der Waals surface area contributed by atoms with Crippen molar-refractivity contribution in [1.29, 1.82) is 0 Å². The van der Waals surface area contributed by atoms with Crippen LogP contribution < -0.4 is 9.62 Å². The van der Waals surface area contributed by atoms with Crippen molar-refractivity contribution in [3.8, 4) is 0 Å². The monoisotopic (exact) mass is 481 g/mol. The zero-order chi connectivity index (χ0) is 23.5. The van der Waals surface area contributed by atoms with Crippen molar-refractivity contribution in [2.75, 3.05) is 16.2 Å². The number of carbonyl (C=O) groups is 1. The lowest BCUT2D eigenvalue weighted by Gasteiger charge is -2.24. The molecular weight excluding hydrogens is 468 g/mol. The Hall–Kier alpha value is -3.57. The lowest BCUT2D eigenvalue weighted by Crippen LogP contribution is -2.38. The first-order valence-electron chi connectivity index (χ1n) is 8.85. The lowest BCUT2D eigenvalue weighted by atomic mass is 10.3. The van der Waals surface area contributed by atoms with Gasteiger partial charge in [-0.25, -0.2) is 17.2 Å². The number of halogens is 3. The van der Waals surface area contributed by atoms with Crippen molar-refractivity contribution < 1.29 is 26.9 Å². The molecule has 3 rings (SSSR count). The average molecular weight is 482 g/mol. The van der Waals surface area contributed by atoms with E-state index < -0.39 is 49.6 Å². The predicted octanol–water partition coefficient (Wildman–Crippen LogP) is 4.36. The zero-order valence-corrected chi connectivity index (χ0v) is 17.6. The molecule has 1 N–H and O–H groups in total. The van der Waals surface area contributed by atoms with Gasteiger partial charge in [0.15, 0.2) is 0 Å². The molecule has 0 radical (unpaired) electrons. The van der Waals surface area contributed by atoms with Gasteiger partial charge in [0.1, 0.15) is 23.2 Å². The van der Waals surface area contributed by atoms with Gasteiger partial charge in [0.05, 0.1) is 15.5 Å². The van der Waals surface area contributed by atoms with Crippen LogP contribution in [-0.2, 0) is 14.8 Å². The summed E-state index contributed by atoms with van der Waals surface area (Å²) in [7, 11) is -4.47. The molecule has 0 atom stereocenters. The maximum atomic E-state index is 13.4. The summed E-state index contributed by atoms with van der Waals surface area (Å²) in [5.74, 6) is -2.76. The van der Waals surface area contributed by atoms with Crippen LogP contribution in [0.5, 0.6) is 0 Å². The van der Waals surface area contributed by atoms with E-state index in [1.807, 2.05) is 0 Å². The van der Waals surface area contributed by atoms with E-state index in [0.717, 1.165) is 30.3 Å². The molecule has 12 heteroatoms. The minimum atomic E-state index is -4.47. The summed E-state index contributed by atoms with van der Waals surface area (Å²) in [6.45, 7) is -0.777. The van der Waals surface area contributed by atoms with Crippen molar-refractivity contribution in [2.45, 2.75) is 4.90 Å². The molecule has 3 aromatic carbocycles. The van der Waals surface area contributed by atoms with Gasteiger partial charge in [-0.1, -0.05) is 29.8 Å². The number of nitro groups is 1. The van der Waals surface area contributed by atoms with Gasteiger partial charge in [-0.15, -0.1) is 0 Å². The molecule has 0 aliphatic rings. The SMILES string of the molecule is O=C(CN(c1ccccc1)S(=O)(=O)c1ccc(Cl)c([N+](=O)[O-])c1)Nc1cc(F)cc(F)c1. The van der Waals surface area contributed by atoms with Crippen LogP contribution >= 0.6 is 11.6 Å². The fourth-order valence-electron chi connectivity index (χ4n) is 2.79. The fourth-order valence-corrected chi connectivity index (χ4v) is 4.41. The Morgan fingerprint density at radius 1 is 1.03 bits per heavy atom. The van der Waals surface area contributed by atoms with Crippen molar-refractivity contribution in [3.05, 3.63) is 93.5 Å². The Balaban J connectivity index is 1.98. The third-order valence-electron chi connectivity index (χ3n) is 4.18. The average Bonchev–Trinajstić information content (AvgIpc) is 2.71. The normalized spacial score (nSPS) is 11.1. The van der Waals surface area contributed by atoms with Crippen LogP contribution in [-0.4, -0.2) is 25.8 Å². The molecule has 0 spiro atoms. The number of para-hydroxylation sites is 1. The molecule has 0 bridgehead atoms. The molecule has 1 amide bonds. The van der Waals surface area contributed by atoms with Gasteiger partial charge >= 0.3 is 0 Å². The summed E-state index contributed by atoms with van der Waals surface area (Å²) >= 11 is 5.76. The van der Waals surface area contributed by atoms with Crippen molar-refractivity contribution in [2.24, 2.45) is 0 Å². The van der Waals surface area contributed by atoms with E-state index in [-0.39, 0.29) is 16.4 Å². The zero-order valence-electron chi connectivity index (χ0n) is 16.0. The molecule has 8 nitrogen and oxygen atoms in total. The van der Waals surface area contributed by atoms with E-state index in [1.165, 1.54) is 24.3 Å². The minimum Gasteiger partial charge on any atom is -0.324 e. The number of benzene rings is 3. The number of nitrogens with zero attached hydrogens (tertiary/aromatic N) is 2. The molecule has 32 heavy (non-hydrogen) atoms. The summed E-state index contributed by atoms with van der Waals surface area (Å²) < 4.78 is 54.0. The summed E-state index contributed by atoms with van der Waals surface area (Å²) in [5, 5.41) is 13.1. The largest absolute Gasteiger partial charge is 0.324 e. The van der Waals surface area contributed by atoms with E-state index in [2.05, 4.69) is 5.32 Å². The number of nitrogens with one attached hydrogen (secondary N) is 1. The number of nitro benzene ring substituents is 1. The van der Waals surface area contributed by atoms with Crippen LogP contribution in [0.1, 0.15) is 0 Å². The maximum Gasteiger partial charge on any atom is 0.289 e. The number of carbonyl (C=O) groups excluding carboxylic acids is 1. The third-order valence-corrected chi connectivity index (χ3v) is 6.27. The smallest absolute Gasteiger partial charge is 0.289 e. The second kappa shape index (κ2) is 9.28. The van der Waals surface area contributed by atoms with Crippen molar-refractivity contribution in [3.63, 3.8) is 0 Å². The van der Waals surface area contributed by atoms with Gasteiger partial charge in [0.25, 0.3) is 15.7 Å². The van der Waals surface area contributed by atoms with Crippen LogP contribution in [0, 0.1) is 21.7 Å². The molecule has 0 saturated carbocycles. The van der Waals surface area contributed by atoms with Gasteiger partial charge in [-0.2, -0.15) is 0 Å². The summed E-state index contributed by atoms with van der Waals surface area (Å²) in [6, 6.07) is 12.8. The third kappa shape index (κ3) is 5.18. The highest BCUT2D eigenvalue weighted by Crippen LogP contribution is 2.30. The molecule has 0 fully saturated rings. The van der Waals surface area contributed by atoms with Crippen LogP contribution in [0.2, 0.25) is 5.02 Å². The van der Waals surface area contributed by atoms with Gasteiger partial charge in [-0.3, -0.25) is 19.2 Å². The lowest BCUT2D eigenvalue weighted by molar-refractivity contribution is -0.384. The molecule has 0 aliphatic heterocycles. The van der Waals surface area contributed by atoms with E-state index in [9.17, 15) is 32.1 Å². The van der Waals surface area contributed by atoms with Gasteiger partial charge < -0.3 is 5.32 Å². The minimum absolute atomic E-state index is 0.0886. The highest BCUT2D eigenvalue weighted by Gasteiger charge is 2.29. The van der Waals surface area contributed by atoms with E-state index in [4.69, 9.17) is 11.6 Å². The molecule has 0 saturated heterocycles. The molecule has 3 aromatic rings. The van der Waals surface area contributed by atoms with E-state index in [1.54, 1.807) is 6.07 Å². The van der Waals surface area contributed by atoms with Crippen molar-refractivity contribution in [1.82, 2.24) is 0 Å². The molecule has 166 valence electrons. The maximum absolute atomic E-state index is 13.4. The highest BCUT2D eigenvalue weighted by atomic mass is 35.5. The summed E-state index contributed by atoms with van der Waals surface area (Å²) in [6.07, 6.45) is 0. The Labute approximate surface area is 186 Å². The highest BCUT2D eigenvalue weighted by molar-refractivity contribution is 7.92. The van der Waals surface area contributed by atoms with Gasteiger partial charge in [0, 0.05) is 17.8 Å². The standard InChI is InChI=1S/C20H14ClF2N3O5S/c21-18-7-6-17(11-19(18)26(28)29)32(30,31)25(16-4-2-1-3-5-16)12-20(27)24-15-9-13(22)8-14(23)10-15/h1-11H,12H2,(H,24,27). The Morgan fingerprint density at radius 3 is 2.25 bits per heavy atom. The summed E-state index contributed by atoms with van der Waals surface area (Å²) in [4.78, 5) is 22.4. The van der Waals surface area contributed by atoms with Gasteiger partial charge in [-0.05, 0) is 36.4 Å². The predicted molar refractivity (Wildman–Crippen MR) is 114 cm³/mol. The summed E-state index contributed by atoms with van der Waals surface area (Å²) in [5.41, 5.74) is -0.744. The number of hydrogen-bond donors (Lipinski definition) is 1. The Kier molecular flexibility index (Phi) is 6.70. The van der Waals surface area contributed by atoms with Crippen LogP contribution in [0.3, 0.4) is 0 Å². The Morgan fingerprint density at radius 2 is 1.66 bits per heavy atom. The molecule has 0 unspecified atom stereocenters. The molecule has 0 aliphatic carbocycles. The topological polar surface area (TPSA) is 110 Å². The van der Waals surface area contributed by atoms with E-state index in [0.29, 0.717) is 10.4 Å². The number of hydrogen-bond acceptors (Lipinski definition) is 5. The second-order valence-electron chi connectivity index (χ2n) is 6.42. The molecule has 0 heterocycles. The van der Waals surface area contributed by atoms with Crippen LogP contribution in [0.25, 0.3) is 0 Å². The second-order valence-corrected chi connectivity index (χ2v) is 8.69. The van der Waals surface area contributed by atoms with Gasteiger partial charge in [0.2, 0.25) is 5.91 Å². The molecular formula is C20H14ClF2N3O5S. The first-order chi connectivity index (χ1) is 15.1. The number of sulfonamides is 1. The van der Waals surface area contributed by atoms with Crippen LogP contribution in [0.15, 0.2) is 71.6 Å². The Bertz CT molecular complexity index is 1270. The number of rotatable bonds is 7. The number of anilines is 2. The number of amides is 1. The van der Waals surface area contributed by atoms with E-state index >= 15 is 0 Å². The first kappa shape index (κ1) is 23.1.